The molecule has 1 aromatic heterocycles. The minimum absolute atomic E-state index is 0.136. The molecule has 0 saturated carbocycles. The maximum absolute atomic E-state index is 14.2. The first-order chi connectivity index (χ1) is 10.1. The van der Waals surface area contributed by atoms with Gasteiger partial charge in [-0.3, -0.25) is 9.78 Å². The van der Waals surface area contributed by atoms with Gasteiger partial charge in [0.05, 0.1) is 11.1 Å². The number of ketones is 1. The summed E-state index contributed by atoms with van der Waals surface area (Å²) in [5, 5.41) is 0.740. The molecular weight excluding hydrogens is 265 g/mol. The molecule has 0 N–H and O–H groups in total. The van der Waals surface area contributed by atoms with Gasteiger partial charge in [-0.1, -0.05) is 24.3 Å². The Bertz CT molecular complexity index is 826. The smallest absolute Gasteiger partial charge is 0.196 e. The number of pyridine rings is 1. The van der Waals surface area contributed by atoms with Crippen LogP contribution < -0.4 is 0 Å². The van der Waals surface area contributed by atoms with E-state index < -0.39 is 5.82 Å². The average Bonchev–Trinajstić information content (AvgIpc) is 2.45. The van der Waals surface area contributed by atoms with Crippen LogP contribution in [0.3, 0.4) is 0 Å². The molecule has 0 spiro atoms. The van der Waals surface area contributed by atoms with Crippen molar-refractivity contribution in [1.29, 1.82) is 0 Å². The summed E-state index contributed by atoms with van der Waals surface area (Å²) in [6.45, 7) is 3.57. The normalized spacial score (nSPS) is 10.8. The molecule has 0 amide bonds. The SMILES string of the molecule is Cc1cc(C)c(C(=O)c2ccnc3ccccc23)c(F)c1. The lowest BCUT2D eigenvalue weighted by atomic mass is 9.95. The molecule has 0 unspecified atom stereocenters. The number of aromatic nitrogens is 1. The van der Waals surface area contributed by atoms with E-state index in [1.807, 2.05) is 37.3 Å². The lowest BCUT2D eigenvalue weighted by Gasteiger charge is -2.10. The molecule has 0 aliphatic rings. The molecule has 0 saturated heterocycles. The fourth-order valence-corrected chi connectivity index (χ4v) is 2.63. The molecule has 0 atom stereocenters. The van der Waals surface area contributed by atoms with Crippen LogP contribution in [0.5, 0.6) is 0 Å². The highest BCUT2D eigenvalue weighted by atomic mass is 19.1. The third-order valence-corrected chi connectivity index (χ3v) is 3.55. The molecule has 0 fully saturated rings. The number of fused-ring (bicyclic) bond motifs is 1. The van der Waals surface area contributed by atoms with Crippen LogP contribution in [-0.2, 0) is 0 Å². The minimum Gasteiger partial charge on any atom is -0.288 e. The Labute approximate surface area is 122 Å². The summed E-state index contributed by atoms with van der Waals surface area (Å²) in [5.74, 6) is -0.776. The topological polar surface area (TPSA) is 30.0 Å². The van der Waals surface area contributed by atoms with Gasteiger partial charge in [-0.15, -0.1) is 0 Å². The Morgan fingerprint density at radius 1 is 1.10 bits per heavy atom. The van der Waals surface area contributed by atoms with Crippen molar-refractivity contribution in [2.24, 2.45) is 0 Å². The number of para-hydroxylation sites is 1. The van der Waals surface area contributed by atoms with Crippen LogP contribution in [0.1, 0.15) is 27.0 Å². The quantitative estimate of drug-likeness (QED) is 0.657. The number of hydrogen-bond donors (Lipinski definition) is 0. The zero-order valence-corrected chi connectivity index (χ0v) is 11.9. The highest BCUT2D eigenvalue weighted by molar-refractivity contribution is 6.16. The van der Waals surface area contributed by atoms with Crippen LogP contribution in [-0.4, -0.2) is 10.8 Å². The summed E-state index contributed by atoms with van der Waals surface area (Å²) in [4.78, 5) is 17.0. The van der Waals surface area contributed by atoms with Gasteiger partial charge in [0.15, 0.2) is 5.78 Å². The average molecular weight is 279 g/mol. The molecule has 3 heteroatoms. The predicted molar refractivity (Wildman–Crippen MR) is 81.0 cm³/mol. The van der Waals surface area contributed by atoms with E-state index in [2.05, 4.69) is 4.98 Å². The number of carbonyl (C=O) groups is 1. The van der Waals surface area contributed by atoms with Gasteiger partial charge in [-0.25, -0.2) is 4.39 Å². The standard InChI is InChI=1S/C18H14FNO/c1-11-9-12(2)17(15(19)10-11)18(21)14-7-8-20-16-6-4-3-5-13(14)16/h3-10H,1-2H3. The molecule has 0 bridgehead atoms. The van der Waals surface area contributed by atoms with Crippen LogP contribution in [0.15, 0.2) is 48.7 Å². The largest absolute Gasteiger partial charge is 0.288 e. The molecule has 2 aromatic carbocycles. The number of halogens is 1. The van der Waals surface area contributed by atoms with Gasteiger partial charge in [0.25, 0.3) is 0 Å². The zero-order chi connectivity index (χ0) is 15.0. The van der Waals surface area contributed by atoms with Gasteiger partial charge in [0.1, 0.15) is 5.82 Å². The second kappa shape index (κ2) is 5.09. The molecule has 0 radical (unpaired) electrons. The molecule has 3 rings (SSSR count). The molecule has 2 nitrogen and oxygen atoms in total. The highest BCUT2D eigenvalue weighted by Gasteiger charge is 2.19. The number of aryl methyl sites for hydroxylation is 2. The van der Waals surface area contributed by atoms with Gasteiger partial charge in [0, 0.05) is 17.1 Å². The molecule has 104 valence electrons. The third-order valence-electron chi connectivity index (χ3n) is 3.55. The summed E-state index contributed by atoms with van der Waals surface area (Å²) < 4.78 is 14.2. The van der Waals surface area contributed by atoms with E-state index in [4.69, 9.17) is 0 Å². The molecule has 3 aromatic rings. The Hall–Kier alpha value is -2.55. The fourth-order valence-electron chi connectivity index (χ4n) is 2.63. The summed E-state index contributed by atoms with van der Waals surface area (Å²) in [6, 6.07) is 12.2. The molecule has 21 heavy (non-hydrogen) atoms. The minimum atomic E-state index is -0.474. The maximum Gasteiger partial charge on any atom is 0.196 e. The molecular formula is C18H14FNO. The first-order valence-electron chi connectivity index (χ1n) is 6.73. The fraction of sp³-hybridized carbons (Fsp3) is 0.111. The second-order valence-corrected chi connectivity index (χ2v) is 5.14. The summed E-state index contributed by atoms with van der Waals surface area (Å²) in [6.07, 6.45) is 1.58. The number of rotatable bonds is 2. The van der Waals surface area contributed by atoms with Crippen molar-refractivity contribution in [3.8, 4) is 0 Å². The van der Waals surface area contributed by atoms with E-state index >= 15 is 0 Å². The van der Waals surface area contributed by atoms with E-state index in [9.17, 15) is 9.18 Å². The second-order valence-electron chi connectivity index (χ2n) is 5.14. The Balaban J connectivity index is 2.22. The Kier molecular flexibility index (Phi) is 3.26. The monoisotopic (exact) mass is 279 g/mol. The Morgan fingerprint density at radius 2 is 1.86 bits per heavy atom. The van der Waals surface area contributed by atoms with Crippen LogP contribution in [0.2, 0.25) is 0 Å². The van der Waals surface area contributed by atoms with Crippen molar-refractivity contribution in [3.63, 3.8) is 0 Å². The van der Waals surface area contributed by atoms with E-state index in [1.165, 1.54) is 6.07 Å². The van der Waals surface area contributed by atoms with Crippen molar-refractivity contribution in [3.05, 3.63) is 76.7 Å². The summed E-state index contributed by atoms with van der Waals surface area (Å²) in [7, 11) is 0. The number of nitrogens with zero attached hydrogens (tertiary/aromatic N) is 1. The van der Waals surface area contributed by atoms with Gasteiger partial charge >= 0.3 is 0 Å². The predicted octanol–water partition coefficient (Wildman–Crippen LogP) is 4.22. The van der Waals surface area contributed by atoms with Crippen molar-refractivity contribution >= 4 is 16.7 Å². The van der Waals surface area contributed by atoms with Crippen LogP contribution >= 0.6 is 0 Å². The third kappa shape index (κ3) is 2.31. The lowest BCUT2D eigenvalue weighted by Crippen LogP contribution is -2.08. The number of carbonyl (C=O) groups excluding carboxylic acids is 1. The van der Waals surface area contributed by atoms with Gasteiger partial charge < -0.3 is 0 Å². The van der Waals surface area contributed by atoms with Crippen molar-refractivity contribution < 1.29 is 9.18 Å². The maximum atomic E-state index is 14.2. The van der Waals surface area contributed by atoms with Gasteiger partial charge in [0.2, 0.25) is 0 Å². The molecule has 0 aliphatic carbocycles. The van der Waals surface area contributed by atoms with Crippen molar-refractivity contribution in [2.75, 3.05) is 0 Å². The van der Waals surface area contributed by atoms with E-state index in [1.54, 1.807) is 19.2 Å². The van der Waals surface area contributed by atoms with E-state index in [0.717, 1.165) is 16.5 Å². The van der Waals surface area contributed by atoms with Gasteiger partial charge in [-0.2, -0.15) is 0 Å². The highest BCUT2D eigenvalue weighted by Crippen LogP contribution is 2.23. The van der Waals surface area contributed by atoms with Crippen molar-refractivity contribution in [2.45, 2.75) is 13.8 Å². The lowest BCUT2D eigenvalue weighted by molar-refractivity contribution is 0.103. The molecule has 0 aliphatic heterocycles. The zero-order valence-electron chi connectivity index (χ0n) is 11.9. The van der Waals surface area contributed by atoms with E-state index in [-0.39, 0.29) is 11.3 Å². The van der Waals surface area contributed by atoms with Crippen LogP contribution in [0.25, 0.3) is 10.9 Å². The Morgan fingerprint density at radius 3 is 2.62 bits per heavy atom. The number of hydrogen-bond acceptors (Lipinski definition) is 2. The first-order valence-corrected chi connectivity index (χ1v) is 6.73. The number of benzene rings is 2. The van der Waals surface area contributed by atoms with Crippen LogP contribution in [0.4, 0.5) is 4.39 Å². The van der Waals surface area contributed by atoms with Gasteiger partial charge in [-0.05, 0) is 43.2 Å². The summed E-state index contributed by atoms with van der Waals surface area (Å²) >= 11 is 0. The van der Waals surface area contributed by atoms with Crippen molar-refractivity contribution in [1.82, 2.24) is 4.98 Å². The summed E-state index contributed by atoms with van der Waals surface area (Å²) in [5.41, 5.74) is 2.80. The molecule has 1 heterocycles. The van der Waals surface area contributed by atoms with Crippen LogP contribution in [0, 0.1) is 19.7 Å². The first kappa shape index (κ1) is 13.4. The van der Waals surface area contributed by atoms with E-state index in [0.29, 0.717) is 11.1 Å².